The van der Waals surface area contributed by atoms with Gasteiger partial charge in [0.25, 0.3) is 5.91 Å². The van der Waals surface area contributed by atoms with Crippen LogP contribution < -0.4 is 5.32 Å². The average Bonchev–Trinajstić information content (AvgIpc) is 3.51. The predicted molar refractivity (Wildman–Crippen MR) is 114 cm³/mol. The van der Waals surface area contributed by atoms with Crippen molar-refractivity contribution < 1.29 is 9.53 Å². The Bertz CT molecular complexity index is 918. The van der Waals surface area contributed by atoms with Crippen LogP contribution in [0.15, 0.2) is 42.0 Å². The molecule has 1 N–H and O–H groups in total. The van der Waals surface area contributed by atoms with Crippen molar-refractivity contribution in [3.63, 3.8) is 0 Å². The molecule has 5 nitrogen and oxygen atoms in total. The molecule has 0 aliphatic heterocycles. The van der Waals surface area contributed by atoms with Gasteiger partial charge in [-0.3, -0.25) is 4.79 Å². The molecular formula is C24H29N3O2. The third-order valence-corrected chi connectivity index (χ3v) is 5.34. The maximum absolute atomic E-state index is 12.4. The van der Waals surface area contributed by atoms with Crippen LogP contribution in [0.3, 0.4) is 0 Å². The summed E-state index contributed by atoms with van der Waals surface area (Å²) in [6, 6.07) is 14.7. The molecule has 0 bridgehead atoms. The van der Waals surface area contributed by atoms with Crippen molar-refractivity contribution in [3.8, 4) is 6.07 Å². The third-order valence-electron chi connectivity index (χ3n) is 5.34. The van der Waals surface area contributed by atoms with Crippen molar-refractivity contribution in [3.05, 3.63) is 64.5 Å². The van der Waals surface area contributed by atoms with Crippen molar-refractivity contribution in [2.24, 2.45) is 0 Å². The van der Waals surface area contributed by atoms with Gasteiger partial charge in [-0.15, -0.1) is 0 Å². The number of nitrogens with one attached hydrogen (secondary N) is 1. The lowest BCUT2D eigenvalue weighted by Gasteiger charge is -2.13. The van der Waals surface area contributed by atoms with Crippen LogP contribution in [0.2, 0.25) is 0 Å². The lowest BCUT2D eigenvalue weighted by molar-refractivity contribution is -0.117. The van der Waals surface area contributed by atoms with Gasteiger partial charge >= 0.3 is 0 Å². The SMILES string of the molecule is Cc1cc(/C=C(\C#N)C(=O)NCCCOC(C)c2ccccc2)c(C)n1C1CC1. The fourth-order valence-electron chi connectivity index (χ4n) is 3.60. The number of carbonyl (C=O) groups is 1. The van der Waals surface area contributed by atoms with Crippen molar-refractivity contribution in [1.29, 1.82) is 5.26 Å². The number of nitriles is 1. The topological polar surface area (TPSA) is 67.1 Å². The minimum Gasteiger partial charge on any atom is -0.374 e. The minimum absolute atomic E-state index is 0.0168. The summed E-state index contributed by atoms with van der Waals surface area (Å²) in [7, 11) is 0. The Morgan fingerprint density at radius 2 is 2.07 bits per heavy atom. The Morgan fingerprint density at radius 3 is 2.72 bits per heavy atom. The Labute approximate surface area is 173 Å². The molecule has 5 heteroatoms. The molecule has 1 aliphatic rings. The fraction of sp³-hybridized carbons (Fsp3) is 0.417. The molecule has 0 radical (unpaired) electrons. The van der Waals surface area contributed by atoms with Gasteiger partial charge in [-0.25, -0.2) is 0 Å². The number of carbonyl (C=O) groups excluding carboxylic acids is 1. The van der Waals surface area contributed by atoms with Crippen LogP contribution in [0.5, 0.6) is 0 Å². The Hall–Kier alpha value is -2.84. The molecule has 152 valence electrons. The summed E-state index contributed by atoms with van der Waals surface area (Å²) in [5.74, 6) is -0.333. The second-order valence-electron chi connectivity index (χ2n) is 7.63. The Morgan fingerprint density at radius 1 is 1.34 bits per heavy atom. The molecule has 0 spiro atoms. The Balaban J connectivity index is 1.48. The van der Waals surface area contributed by atoms with Gasteiger partial charge in [-0.05, 0) is 63.3 Å². The van der Waals surface area contributed by atoms with E-state index >= 15 is 0 Å². The van der Waals surface area contributed by atoms with E-state index in [-0.39, 0.29) is 17.6 Å². The zero-order valence-corrected chi connectivity index (χ0v) is 17.4. The first kappa shape index (κ1) is 20.9. The van der Waals surface area contributed by atoms with Crippen LogP contribution in [0.1, 0.15) is 60.8 Å². The highest BCUT2D eigenvalue weighted by Crippen LogP contribution is 2.38. The first-order valence-electron chi connectivity index (χ1n) is 10.3. The van der Waals surface area contributed by atoms with Crippen molar-refractivity contribution in [1.82, 2.24) is 9.88 Å². The summed E-state index contributed by atoms with van der Waals surface area (Å²) in [5.41, 5.74) is 4.52. The van der Waals surface area contributed by atoms with Crippen molar-refractivity contribution in [2.45, 2.75) is 52.2 Å². The predicted octanol–water partition coefficient (Wildman–Crippen LogP) is 4.63. The molecule has 1 heterocycles. The lowest BCUT2D eigenvalue weighted by Crippen LogP contribution is -2.26. The molecule has 1 fully saturated rings. The fourth-order valence-corrected chi connectivity index (χ4v) is 3.60. The van der Waals surface area contributed by atoms with E-state index in [1.54, 1.807) is 6.08 Å². The second kappa shape index (κ2) is 9.58. The molecule has 0 saturated heterocycles. The molecule has 1 amide bonds. The number of aryl methyl sites for hydroxylation is 1. The van der Waals surface area contributed by atoms with Crippen LogP contribution in [0.25, 0.3) is 6.08 Å². The van der Waals surface area contributed by atoms with Gasteiger partial charge < -0.3 is 14.6 Å². The molecule has 2 aromatic rings. The number of aromatic nitrogens is 1. The number of hydrogen-bond acceptors (Lipinski definition) is 3. The van der Waals surface area contributed by atoms with E-state index in [9.17, 15) is 10.1 Å². The third kappa shape index (κ3) is 5.36. The summed E-state index contributed by atoms with van der Waals surface area (Å²) in [4.78, 5) is 12.4. The van der Waals surface area contributed by atoms with Gasteiger partial charge in [0, 0.05) is 30.6 Å². The molecular weight excluding hydrogens is 362 g/mol. The quantitative estimate of drug-likeness (QED) is 0.385. The summed E-state index contributed by atoms with van der Waals surface area (Å²) >= 11 is 0. The van der Waals surface area contributed by atoms with Crippen LogP contribution in [-0.4, -0.2) is 23.6 Å². The standard InChI is InChI=1S/C24H29N3O2/c1-17-14-21(18(2)27(17)23-10-11-23)15-22(16-25)24(28)26-12-7-13-29-19(3)20-8-5-4-6-9-20/h4-6,8-9,14-15,19,23H,7,10-13H2,1-3H3,(H,26,28)/b22-15+. The van der Waals surface area contributed by atoms with E-state index in [0.29, 0.717) is 25.6 Å². The first-order chi connectivity index (χ1) is 14.0. The maximum Gasteiger partial charge on any atom is 0.261 e. The minimum atomic E-state index is -0.333. The number of amides is 1. The zero-order chi connectivity index (χ0) is 20.8. The van der Waals surface area contributed by atoms with Gasteiger partial charge in [0.05, 0.1) is 6.10 Å². The van der Waals surface area contributed by atoms with Crippen LogP contribution in [-0.2, 0) is 9.53 Å². The zero-order valence-electron chi connectivity index (χ0n) is 17.4. The highest BCUT2D eigenvalue weighted by Gasteiger charge is 2.26. The van der Waals surface area contributed by atoms with E-state index in [1.807, 2.05) is 43.3 Å². The largest absolute Gasteiger partial charge is 0.374 e. The lowest BCUT2D eigenvalue weighted by atomic mass is 10.1. The van der Waals surface area contributed by atoms with Crippen LogP contribution >= 0.6 is 0 Å². The van der Waals surface area contributed by atoms with Gasteiger partial charge in [0.1, 0.15) is 11.6 Å². The monoisotopic (exact) mass is 391 g/mol. The molecule has 1 aliphatic carbocycles. The summed E-state index contributed by atoms with van der Waals surface area (Å²) in [5, 5.41) is 12.3. The molecule has 3 rings (SSSR count). The second-order valence-corrected chi connectivity index (χ2v) is 7.63. The first-order valence-corrected chi connectivity index (χ1v) is 10.3. The van der Waals surface area contributed by atoms with Crippen LogP contribution in [0.4, 0.5) is 0 Å². The van der Waals surface area contributed by atoms with Crippen molar-refractivity contribution >= 4 is 12.0 Å². The number of nitrogens with zero attached hydrogens (tertiary/aromatic N) is 2. The highest BCUT2D eigenvalue weighted by atomic mass is 16.5. The summed E-state index contributed by atoms with van der Waals surface area (Å²) in [6.45, 7) is 7.16. The smallest absolute Gasteiger partial charge is 0.261 e. The van der Waals surface area contributed by atoms with E-state index in [1.165, 1.54) is 18.5 Å². The average molecular weight is 392 g/mol. The Kier molecular flexibility index (Phi) is 6.90. The van der Waals surface area contributed by atoms with E-state index < -0.39 is 0 Å². The molecule has 29 heavy (non-hydrogen) atoms. The molecule has 1 unspecified atom stereocenters. The van der Waals surface area contributed by atoms with Gasteiger partial charge in [-0.2, -0.15) is 5.26 Å². The summed E-state index contributed by atoms with van der Waals surface area (Å²) < 4.78 is 8.13. The van der Waals surface area contributed by atoms with Gasteiger partial charge in [0.15, 0.2) is 0 Å². The van der Waals surface area contributed by atoms with E-state index in [0.717, 1.165) is 16.8 Å². The number of benzene rings is 1. The van der Waals surface area contributed by atoms with Crippen LogP contribution in [0, 0.1) is 25.2 Å². The molecule has 1 aromatic carbocycles. The molecule has 1 aromatic heterocycles. The number of ether oxygens (including phenoxy) is 1. The molecule has 1 atom stereocenters. The van der Waals surface area contributed by atoms with Crippen molar-refractivity contribution in [2.75, 3.05) is 13.2 Å². The molecule has 1 saturated carbocycles. The van der Waals surface area contributed by atoms with E-state index in [2.05, 4.69) is 29.8 Å². The summed E-state index contributed by atoms with van der Waals surface area (Å²) in [6.07, 6.45) is 4.82. The number of hydrogen-bond donors (Lipinski definition) is 1. The van der Waals surface area contributed by atoms with Gasteiger partial charge in [-0.1, -0.05) is 30.3 Å². The maximum atomic E-state index is 12.4. The highest BCUT2D eigenvalue weighted by molar-refractivity contribution is 6.01. The number of rotatable bonds is 9. The normalized spacial score (nSPS) is 15.0. The van der Waals surface area contributed by atoms with Gasteiger partial charge in [0.2, 0.25) is 0 Å². The van der Waals surface area contributed by atoms with E-state index in [4.69, 9.17) is 4.74 Å².